The molecule has 0 aromatic heterocycles. The van der Waals surface area contributed by atoms with Gasteiger partial charge < -0.3 is 9.84 Å². The monoisotopic (exact) mass is 288 g/mol. The lowest BCUT2D eigenvalue weighted by atomic mass is 9.89. The van der Waals surface area contributed by atoms with Crippen molar-refractivity contribution in [3.05, 3.63) is 65.0 Å². The van der Waals surface area contributed by atoms with Gasteiger partial charge in [-0.25, -0.2) is 4.39 Å². The molecule has 0 aliphatic heterocycles. The summed E-state index contributed by atoms with van der Waals surface area (Å²) in [7, 11) is 1.57. The van der Waals surface area contributed by atoms with E-state index in [0.29, 0.717) is 16.9 Å². The van der Waals surface area contributed by atoms with Gasteiger partial charge in [-0.15, -0.1) is 0 Å². The number of carbonyl (C=O) groups is 1. The van der Waals surface area contributed by atoms with Crippen molar-refractivity contribution in [1.29, 1.82) is 0 Å². The molecule has 1 atom stereocenters. The minimum atomic E-state index is -0.924. The first-order valence-electron chi connectivity index (χ1n) is 6.63. The van der Waals surface area contributed by atoms with Crippen LogP contribution in [-0.4, -0.2) is 18.2 Å². The number of carboxylic acid groups (broad SMARTS) is 1. The Balaban J connectivity index is 2.33. The van der Waals surface area contributed by atoms with Crippen molar-refractivity contribution in [3.63, 3.8) is 0 Å². The van der Waals surface area contributed by atoms with Gasteiger partial charge in [-0.3, -0.25) is 4.79 Å². The van der Waals surface area contributed by atoms with Gasteiger partial charge in [0.2, 0.25) is 0 Å². The predicted molar refractivity (Wildman–Crippen MR) is 78.2 cm³/mol. The second-order valence-electron chi connectivity index (χ2n) is 4.95. The van der Waals surface area contributed by atoms with Gasteiger partial charge in [-0.1, -0.05) is 18.2 Å². The Labute approximate surface area is 123 Å². The molecule has 1 unspecified atom stereocenters. The Hall–Kier alpha value is -2.36. The molecule has 4 heteroatoms. The van der Waals surface area contributed by atoms with Crippen LogP contribution in [-0.2, 0) is 11.2 Å². The van der Waals surface area contributed by atoms with Crippen LogP contribution in [0.1, 0.15) is 22.6 Å². The Kier molecular flexibility index (Phi) is 4.58. The number of rotatable bonds is 5. The predicted octanol–water partition coefficient (Wildman–Crippen LogP) is 3.55. The molecule has 0 radical (unpaired) electrons. The number of ether oxygens (including phenoxy) is 1. The summed E-state index contributed by atoms with van der Waals surface area (Å²) < 4.78 is 18.4. The zero-order valence-electron chi connectivity index (χ0n) is 12.0. The molecule has 0 saturated carbocycles. The molecule has 1 N–H and O–H groups in total. The van der Waals surface area contributed by atoms with Crippen molar-refractivity contribution in [1.82, 2.24) is 0 Å². The number of aliphatic carboxylic acids is 1. The summed E-state index contributed by atoms with van der Waals surface area (Å²) in [6, 6.07) is 11.3. The Morgan fingerprint density at radius 3 is 2.62 bits per heavy atom. The van der Waals surface area contributed by atoms with Crippen molar-refractivity contribution in [2.75, 3.05) is 7.11 Å². The fourth-order valence-corrected chi connectivity index (χ4v) is 2.40. The highest BCUT2D eigenvalue weighted by Gasteiger charge is 2.22. The van der Waals surface area contributed by atoms with Crippen molar-refractivity contribution in [2.45, 2.75) is 19.3 Å². The van der Waals surface area contributed by atoms with Gasteiger partial charge in [0.15, 0.2) is 0 Å². The van der Waals surface area contributed by atoms with Crippen LogP contribution in [0.2, 0.25) is 0 Å². The minimum Gasteiger partial charge on any atom is -0.497 e. The van der Waals surface area contributed by atoms with Crippen LogP contribution >= 0.6 is 0 Å². The molecule has 0 heterocycles. The Morgan fingerprint density at radius 1 is 1.29 bits per heavy atom. The second-order valence-corrected chi connectivity index (χ2v) is 4.95. The Bertz CT molecular complexity index is 652. The summed E-state index contributed by atoms with van der Waals surface area (Å²) in [5.74, 6) is -1.31. The van der Waals surface area contributed by atoms with Crippen LogP contribution in [0.3, 0.4) is 0 Å². The first-order valence-corrected chi connectivity index (χ1v) is 6.63. The van der Waals surface area contributed by atoms with Crippen molar-refractivity contribution in [2.24, 2.45) is 0 Å². The first kappa shape index (κ1) is 15.0. The molecule has 21 heavy (non-hydrogen) atoms. The van der Waals surface area contributed by atoms with Gasteiger partial charge in [0.05, 0.1) is 13.0 Å². The third kappa shape index (κ3) is 3.60. The molecule has 0 spiro atoms. The highest BCUT2D eigenvalue weighted by atomic mass is 19.1. The van der Waals surface area contributed by atoms with Crippen molar-refractivity contribution in [3.8, 4) is 5.75 Å². The first-order chi connectivity index (χ1) is 10.0. The van der Waals surface area contributed by atoms with Crippen LogP contribution in [0.5, 0.6) is 5.75 Å². The van der Waals surface area contributed by atoms with E-state index >= 15 is 0 Å². The van der Waals surface area contributed by atoms with Crippen LogP contribution in [0.15, 0.2) is 42.5 Å². The number of methoxy groups -OCH3 is 1. The summed E-state index contributed by atoms with van der Waals surface area (Å²) >= 11 is 0. The van der Waals surface area contributed by atoms with E-state index in [1.807, 2.05) is 6.92 Å². The summed E-state index contributed by atoms with van der Waals surface area (Å²) in [4.78, 5) is 11.6. The summed E-state index contributed by atoms with van der Waals surface area (Å²) in [5, 5.41) is 9.48. The number of halogens is 1. The minimum absolute atomic E-state index is 0.250. The number of benzene rings is 2. The largest absolute Gasteiger partial charge is 0.497 e. The molecule has 0 aliphatic carbocycles. The molecule has 0 aliphatic rings. The second kappa shape index (κ2) is 6.39. The number of hydrogen-bond acceptors (Lipinski definition) is 2. The maximum absolute atomic E-state index is 13.2. The van der Waals surface area contributed by atoms with E-state index in [2.05, 4.69) is 0 Å². The van der Waals surface area contributed by atoms with Gasteiger partial charge >= 0.3 is 5.97 Å². The lowest BCUT2D eigenvalue weighted by Crippen LogP contribution is -2.15. The van der Waals surface area contributed by atoms with Gasteiger partial charge in [0, 0.05) is 0 Å². The molecule has 2 rings (SSSR count). The maximum atomic E-state index is 13.2. The van der Waals surface area contributed by atoms with E-state index in [1.54, 1.807) is 37.4 Å². The number of carboxylic acids is 1. The zero-order valence-corrected chi connectivity index (χ0v) is 12.0. The fourth-order valence-electron chi connectivity index (χ4n) is 2.40. The van der Waals surface area contributed by atoms with Crippen LogP contribution in [0.4, 0.5) is 4.39 Å². The number of aryl methyl sites for hydroxylation is 1. The van der Waals surface area contributed by atoms with E-state index in [-0.39, 0.29) is 12.2 Å². The van der Waals surface area contributed by atoms with E-state index in [1.165, 1.54) is 12.1 Å². The van der Waals surface area contributed by atoms with Gasteiger partial charge in [-0.05, 0) is 54.3 Å². The van der Waals surface area contributed by atoms with Gasteiger partial charge in [0.1, 0.15) is 11.6 Å². The molecular formula is C17H17FO3. The third-order valence-corrected chi connectivity index (χ3v) is 3.48. The molecule has 2 aromatic carbocycles. The summed E-state index contributed by atoms with van der Waals surface area (Å²) in [6.07, 6.45) is 0.250. The molecule has 0 amide bonds. The molecule has 0 bridgehead atoms. The van der Waals surface area contributed by atoms with Crippen LogP contribution in [0.25, 0.3) is 0 Å². The Morgan fingerprint density at radius 2 is 2.05 bits per heavy atom. The lowest BCUT2D eigenvalue weighted by Gasteiger charge is -2.16. The highest BCUT2D eigenvalue weighted by Crippen LogP contribution is 2.27. The molecule has 110 valence electrons. The van der Waals surface area contributed by atoms with E-state index in [9.17, 15) is 14.3 Å². The smallest absolute Gasteiger partial charge is 0.311 e. The molecular weight excluding hydrogens is 271 g/mol. The topological polar surface area (TPSA) is 46.5 Å². The van der Waals surface area contributed by atoms with E-state index in [0.717, 1.165) is 5.56 Å². The number of hydrogen-bond donors (Lipinski definition) is 1. The molecule has 3 nitrogen and oxygen atoms in total. The average Bonchev–Trinajstić information content (AvgIpc) is 2.45. The molecule has 0 fully saturated rings. The standard InChI is InChI=1S/C17H17FO3/c1-11-8-14(21-2)6-7-15(11)16(17(19)20)10-12-4-3-5-13(18)9-12/h3-9,16H,10H2,1-2H3,(H,19,20). The normalized spacial score (nSPS) is 12.0. The van der Waals surface area contributed by atoms with E-state index < -0.39 is 11.9 Å². The maximum Gasteiger partial charge on any atom is 0.311 e. The fraction of sp³-hybridized carbons (Fsp3) is 0.235. The molecule has 2 aromatic rings. The summed E-state index contributed by atoms with van der Waals surface area (Å²) in [6.45, 7) is 1.85. The molecule has 0 saturated heterocycles. The van der Waals surface area contributed by atoms with Crippen molar-refractivity contribution >= 4 is 5.97 Å². The van der Waals surface area contributed by atoms with E-state index in [4.69, 9.17) is 4.74 Å². The van der Waals surface area contributed by atoms with Crippen molar-refractivity contribution < 1.29 is 19.0 Å². The lowest BCUT2D eigenvalue weighted by molar-refractivity contribution is -0.138. The average molecular weight is 288 g/mol. The van der Waals surface area contributed by atoms with Gasteiger partial charge in [0.25, 0.3) is 0 Å². The van der Waals surface area contributed by atoms with Gasteiger partial charge in [-0.2, -0.15) is 0 Å². The summed E-state index contributed by atoms with van der Waals surface area (Å²) in [5.41, 5.74) is 2.23. The van der Waals surface area contributed by atoms with Crippen LogP contribution in [0, 0.1) is 12.7 Å². The SMILES string of the molecule is COc1ccc(C(Cc2cccc(F)c2)C(=O)O)c(C)c1. The third-order valence-electron chi connectivity index (χ3n) is 3.48. The zero-order chi connectivity index (χ0) is 15.4. The quantitative estimate of drug-likeness (QED) is 0.915. The van der Waals surface area contributed by atoms with Crippen LogP contribution < -0.4 is 4.74 Å². The highest BCUT2D eigenvalue weighted by molar-refractivity contribution is 5.77.